The number of likely N-dealkylation sites (tertiary alicyclic amines) is 1. The third-order valence-electron chi connectivity index (χ3n) is 5.97. The topological polar surface area (TPSA) is 65.8 Å². The fraction of sp³-hybridized carbons (Fsp3) is 0.750. The molecule has 1 amide bonds. The average Bonchev–Trinajstić information content (AvgIpc) is 3.28. The fourth-order valence-electron chi connectivity index (χ4n) is 4.09. The lowest BCUT2D eigenvalue weighted by Crippen LogP contribution is -2.48. The van der Waals surface area contributed by atoms with Crippen molar-refractivity contribution in [3.8, 4) is 0 Å². The Morgan fingerprint density at radius 1 is 1.32 bits per heavy atom. The van der Waals surface area contributed by atoms with E-state index in [0.29, 0.717) is 17.9 Å². The first-order chi connectivity index (χ1) is 12.9. The maximum Gasteiger partial charge on any atom is 0.243 e. The first-order valence-electron chi connectivity index (χ1n) is 10.2. The number of nitrogens with zero attached hydrogens (tertiary/aromatic N) is 5. The van der Waals surface area contributed by atoms with Gasteiger partial charge in [0.25, 0.3) is 0 Å². The van der Waals surface area contributed by atoms with E-state index in [1.807, 2.05) is 17.9 Å². The van der Waals surface area contributed by atoms with Gasteiger partial charge in [0.05, 0.1) is 6.20 Å². The zero-order chi connectivity index (χ0) is 19.4. The van der Waals surface area contributed by atoms with Crippen molar-refractivity contribution in [2.75, 3.05) is 33.7 Å². The molecule has 1 aliphatic heterocycles. The molecule has 0 bridgehead atoms. The van der Waals surface area contributed by atoms with E-state index in [9.17, 15) is 4.79 Å². The highest BCUT2D eigenvalue weighted by Crippen LogP contribution is 2.28. The van der Waals surface area contributed by atoms with Crippen LogP contribution in [0.4, 0.5) is 0 Å². The molecular weight excluding hydrogens is 467 g/mol. The lowest BCUT2D eigenvalue weighted by atomic mass is 9.86. The monoisotopic (exact) mass is 502 g/mol. The van der Waals surface area contributed by atoms with Gasteiger partial charge in [0.2, 0.25) is 5.91 Å². The molecule has 1 aromatic rings. The molecule has 8 heteroatoms. The van der Waals surface area contributed by atoms with Crippen LogP contribution in [0.15, 0.2) is 17.4 Å². The van der Waals surface area contributed by atoms with Crippen LogP contribution in [0.2, 0.25) is 0 Å². The second-order valence-corrected chi connectivity index (χ2v) is 8.32. The summed E-state index contributed by atoms with van der Waals surface area (Å²) in [5.41, 5.74) is 1.29. The van der Waals surface area contributed by atoms with Crippen molar-refractivity contribution in [2.24, 2.45) is 18.0 Å². The predicted molar refractivity (Wildman–Crippen MR) is 123 cm³/mol. The normalized spacial score (nSPS) is 25.4. The number of nitrogens with one attached hydrogen (secondary N) is 1. The molecule has 1 saturated carbocycles. The number of carbonyl (C=O) groups excluding carboxylic acids is 1. The molecule has 0 aromatic carbocycles. The van der Waals surface area contributed by atoms with Gasteiger partial charge in [-0.05, 0) is 30.7 Å². The van der Waals surface area contributed by atoms with Crippen LogP contribution in [0.3, 0.4) is 0 Å². The van der Waals surface area contributed by atoms with Gasteiger partial charge < -0.3 is 15.1 Å². The molecule has 1 saturated heterocycles. The molecule has 0 spiro atoms. The van der Waals surface area contributed by atoms with Crippen LogP contribution in [0.1, 0.15) is 50.5 Å². The molecule has 3 atom stereocenters. The molecule has 2 fully saturated rings. The Labute approximate surface area is 186 Å². The number of hydrogen-bond donors (Lipinski definition) is 1. The van der Waals surface area contributed by atoms with E-state index in [2.05, 4.69) is 28.4 Å². The van der Waals surface area contributed by atoms with Crippen molar-refractivity contribution in [1.29, 1.82) is 0 Å². The minimum atomic E-state index is 0. The third kappa shape index (κ3) is 5.84. The molecule has 1 aromatic heterocycles. The van der Waals surface area contributed by atoms with Crippen LogP contribution in [-0.2, 0) is 11.8 Å². The van der Waals surface area contributed by atoms with Crippen molar-refractivity contribution >= 4 is 35.8 Å². The van der Waals surface area contributed by atoms with Crippen LogP contribution in [0, 0.1) is 5.92 Å². The molecule has 158 valence electrons. The number of halogens is 1. The number of guanidine groups is 1. The Morgan fingerprint density at radius 3 is 2.71 bits per heavy atom. The smallest absolute Gasteiger partial charge is 0.243 e. The molecule has 7 nitrogen and oxygen atoms in total. The van der Waals surface area contributed by atoms with Gasteiger partial charge in [-0.25, -0.2) is 4.99 Å². The SMILES string of the molecule is CC1CCCCC1NC(=NCC(=O)N(C)C)N1CCC(c2cnn(C)c2)C1.I. The van der Waals surface area contributed by atoms with Gasteiger partial charge in [-0.3, -0.25) is 9.48 Å². The summed E-state index contributed by atoms with van der Waals surface area (Å²) in [7, 11) is 5.52. The summed E-state index contributed by atoms with van der Waals surface area (Å²) in [6.45, 7) is 4.41. The lowest BCUT2D eigenvalue weighted by molar-refractivity contribution is -0.127. The van der Waals surface area contributed by atoms with Crippen LogP contribution >= 0.6 is 24.0 Å². The fourth-order valence-corrected chi connectivity index (χ4v) is 4.09. The summed E-state index contributed by atoms with van der Waals surface area (Å²) in [4.78, 5) is 20.7. The van der Waals surface area contributed by atoms with Gasteiger partial charge in [-0.2, -0.15) is 5.10 Å². The van der Waals surface area contributed by atoms with E-state index in [0.717, 1.165) is 25.5 Å². The van der Waals surface area contributed by atoms with E-state index >= 15 is 0 Å². The molecular formula is C20H35IN6O. The number of carbonyl (C=O) groups is 1. The van der Waals surface area contributed by atoms with Crippen LogP contribution < -0.4 is 5.32 Å². The van der Waals surface area contributed by atoms with E-state index < -0.39 is 0 Å². The predicted octanol–water partition coefficient (Wildman–Crippen LogP) is 2.44. The van der Waals surface area contributed by atoms with Gasteiger partial charge in [0, 0.05) is 52.4 Å². The van der Waals surface area contributed by atoms with Gasteiger partial charge >= 0.3 is 0 Å². The maximum absolute atomic E-state index is 12.1. The first kappa shape index (κ1) is 23.0. The Kier molecular flexibility index (Phi) is 8.57. The number of rotatable bonds is 4. The summed E-state index contributed by atoms with van der Waals surface area (Å²) in [5.74, 6) is 2.05. The molecule has 1 N–H and O–H groups in total. The zero-order valence-corrected chi connectivity index (χ0v) is 19.9. The second kappa shape index (κ2) is 10.5. The van der Waals surface area contributed by atoms with Crippen molar-refractivity contribution in [1.82, 2.24) is 24.9 Å². The van der Waals surface area contributed by atoms with Gasteiger partial charge in [-0.15, -0.1) is 24.0 Å². The Hall–Kier alpha value is -1.32. The van der Waals surface area contributed by atoms with E-state index in [4.69, 9.17) is 4.99 Å². The van der Waals surface area contributed by atoms with E-state index in [-0.39, 0.29) is 36.4 Å². The quantitative estimate of drug-likeness (QED) is 0.391. The average molecular weight is 502 g/mol. The highest BCUT2D eigenvalue weighted by molar-refractivity contribution is 14.0. The maximum atomic E-state index is 12.1. The molecule has 3 rings (SSSR count). The van der Waals surface area contributed by atoms with Gasteiger partial charge in [-0.1, -0.05) is 19.8 Å². The summed E-state index contributed by atoms with van der Waals surface area (Å²) >= 11 is 0. The number of hydrogen-bond acceptors (Lipinski definition) is 3. The molecule has 0 radical (unpaired) electrons. The Bertz CT molecular complexity index is 673. The highest BCUT2D eigenvalue weighted by Gasteiger charge is 2.30. The third-order valence-corrected chi connectivity index (χ3v) is 5.97. The summed E-state index contributed by atoms with van der Waals surface area (Å²) in [6, 6.07) is 0.449. The second-order valence-electron chi connectivity index (χ2n) is 8.32. The zero-order valence-electron chi connectivity index (χ0n) is 17.6. The van der Waals surface area contributed by atoms with Gasteiger partial charge in [0.1, 0.15) is 6.54 Å². The molecule has 2 aliphatic rings. The largest absolute Gasteiger partial charge is 0.353 e. The standard InChI is InChI=1S/C20H34N6O.HI/c1-15-7-5-6-8-18(15)23-20(21-12-19(27)24(2)3)26-10-9-16(14-26)17-11-22-25(4)13-17;/h11,13,15-16,18H,5-10,12,14H2,1-4H3,(H,21,23);1H. The van der Waals surface area contributed by atoms with Crippen LogP contribution in [0.25, 0.3) is 0 Å². The summed E-state index contributed by atoms with van der Waals surface area (Å²) < 4.78 is 1.87. The van der Waals surface area contributed by atoms with Gasteiger partial charge in [0.15, 0.2) is 5.96 Å². The lowest BCUT2D eigenvalue weighted by Gasteiger charge is -2.33. The molecule has 28 heavy (non-hydrogen) atoms. The van der Waals surface area contributed by atoms with E-state index in [1.165, 1.54) is 31.2 Å². The highest BCUT2D eigenvalue weighted by atomic mass is 127. The Morgan fingerprint density at radius 2 is 2.07 bits per heavy atom. The van der Waals surface area contributed by atoms with Crippen LogP contribution in [-0.4, -0.2) is 71.2 Å². The number of likely N-dealkylation sites (N-methyl/N-ethyl adjacent to an activating group) is 1. The minimum Gasteiger partial charge on any atom is -0.353 e. The van der Waals surface area contributed by atoms with Crippen molar-refractivity contribution in [2.45, 2.75) is 51.0 Å². The number of aryl methyl sites for hydroxylation is 1. The number of amides is 1. The number of aromatic nitrogens is 2. The molecule has 2 heterocycles. The van der Waals surface area contributed by atoms with Crippen molar-refractivity contribution < 1.29 is 4.79 Å². The molecule has 1 aliphatic carbocycles. The summed E-state index contributed by atoms with van der Waals surface area (Å²) in [5, 5.41) is 8.02. The Balaban J connectivity index is 0.00000280. The summed E-state index contributed by atoms with van der Waals surface area (Å²) in [6.07, 6.45) is 10.2. The molecule has 3 unspecified atom stereocenters. The minimum absolute atomic E-state index is 0. The van der Waals surface area contributed by atoms with Crippen molar-refractivity contribution in [3.63, 3.8) is 0 Å². The van der Waals surface area contributed by atoms with Crippen LogP contribution in [0.5, 0.6) is 0 Å². The first-order valence-corrected chi connectivity index (χ1v) is 10.2. The van der Waals surface area contributed by atoms with Crippen molar-refractivity contribution in [3.05, 3.63) is 18.0 Å². The van der Waals surface area contributed by atoms with E-state index in [1.54, 1.807) is 19.0 Å². The number of aliphatic imine (C=N–C) groups is 1.